The van der Waals surface area contributed by atoms with Gasteiger partial charge in [0.05, 0.1) is 0 Å². The van der Waals surface area contributed by atoms with Gasteiger partial charge in [-0.2, -0.15) is 5.26 Å². The molecule has 1 aromatic rings. The molecule has 0 amide bonds. The topological polar surface area (TPSA) is 56.6 Å². The predicted octanol–water partition coefficient (Wildman–Crippen LogP) is 2.01. The summed E-state index contributed by atoms with van der Waals surface area (Å²) in [6, 6.07) is 3.56. The van der Waals surface area contributed by atoms with Crippen molar-refractivity contribution in [3.8, 4) is 6.07 Å². The Bertz CT molecular complexity index is 412. The van der Waals surface area contributed by atoms with Gasteiger partial charge in [0.25, 0.3) is 5.56 Å². The van der Waals surface area contributed by atoms with E-state index in [2.05, 4.69) is 25.8 Å². The van der Waals surface area contributed by atoms with Gasteiger partial charge in [-0.15, -0.1) is 0 Å². The van der Waals surface area contributed by atoms with Crippen LogP contribution in [0.3, 0.4) is 0 Å². The van der Waals surface area contributed by atoms with Crippen molar-refractivity contribution in [3.05, 3.63) is 33.7 Å². The molecule has 0 aliphatic rings. The van der Waals surface area contributed by atoms with Crippen LogP contribution in [0.25, 0.3) is 0 Å². The third-order valence-corrected chi connectivity index (χ3v) is 2.57. The highest BCUT2D eigenvalue weighted by Gasteiger charge is 2.11. The minimum Gasteiger partial charge on any atom is -0.328 e. The maximum Gasteiger partial charge on any atom is 0.265 e. The first kappa shape index (κ1) is 10.5. The number of aromatic amines is 1. The molecular formula is C11H14N2O. The Morgan fingerprint density at radius 1 is 1.43 bits per heavy atom. The SMILES string of the molecule is CC(C)[C@H](C)c1c[nH]c(=O)c(C#N)c1. The second-order valence-corrected chi connectivity index (χ2v) is 3.82. The van der Waals surface area contributed by atoms with E-state index in [1.807, 2.05) is 6.07 Å². The molecular weight excluding hydrogens is 176 g/mol. The van der Waals surface area contributed by atoms with Gasteiger partial charge in [0, 0.05) is 6.20 Å². The van der Waals surface area contributed by atoms with Crippen molar-refractivity contribution < 1.29 is 0 Å². The molecule has 3 heteroatoms. The number of H-pyrrole nitrogens is 1. The molecule has 0 fully saturated rings. The predicted molar refractivity (Wildman–Crippen MR) is 55.0 cm³/mol. The molecule has 14 heavy (non-hydrogen) atoms. The Hall–Kier alpha value is -1.56. The highest BCUT2D eigenvalue weighted by atomic mass is 16.1. The first-order chi connectivity index (χ1) is 6.56. The molecule has 0 saturated heterocycles. The number of nitrogens with one attached hydrogen (secondary N) is 1. The van der Waals surface area contributed by atoms with E-state index < -0.39 is 0 Å². The third kappa shape index (κ3) is 2.02. The summed E-state index contributed by atoms with van der Waals surface area (Å²) in [4.78, 5) is 13.7. The van der Waals surface area contributed by atoms with Gasteiger partial charge in [-0.05, 0) is 23.5 Å². The zero-order chi connectivity index (χ0) is 10.7. The molecule has 1 heterocycles. The Morgan fingerprint density at radius 3 is 2.57 bits per heavy atom. The van der Waals surface area contributed by atoms with Crippen molar-refractivity contribution in [1.82, 2.24) is 4.98 Å². The van der Waals surface area contributed by atoms with E-state index in [0.717, 1.165) is 5.56 Å². The molecule has 0 aliphatic heterocycles. The molecule has 1 atom stereocenters. The largest absolute Gasteiger partial charge is 0.328 e. The van der Waals surface area contributed by atoms with Gasteiger partial charge in [0.2, 0.25) is 0 Å². The summed E-state index contributed by atoms with van der Waals surface area (Å²) in [5.74, 6) is 0.839. The van der Waals surface area contributed by atoms with Crippen LogP contribution in [0.5, 0.6) is 0 Å². The molecule has 0 saturated carbocycles. The number of pyridine rings is 1. The van der Waals surface area contributed by atoms with Crippen LogP contribution in [0.2, 0.25) is 0 Å². The van der Waals surface area contributed by atoms with Gasteiger partial charge < -0.3 is 4.98 Å². The molecule has 0 aliphatic carbocycles. The Labute approximate surface area is 83.4 Å². The average Bonchev–Trinajstić information content (AvgIpc) is 2.17. The second kappa shape index (κ2) is 4.10. The van der Waals surface area contributed by atoms with E-state index >= 15 is 0 Å². The zero-order valence-corrected chi connectivity index (χ0v) is 8.66. The lowest BCUT2D eigenvalue weighted by molar-refractivity contribution is 0.533. The van der Waals surface area contributed by atoms with Crippen LogP contribution in [0.15, 0.2) is 17.1 Å². The molecule has 3 nitrogen and oxygen atoms in total. The van der Waals surface area contributed by atoms with Crippen LogP contribution in [0, 0.1) is 17.2 Å². The van der Waals surface area contributed by atoms with Gasteiger partial charge in [-0.25, -0.2) is 0 Å². The monoisotopic (exact) mass is 190 g/mol. The summed E-state index contributed by atoms with van der Waals surface area (Å²) < 4.78 is 0. The molecule has 0 bridgehead atoms. The van der Waals surface area contributed by atoms with E-state index in [9.17, 15) is 4.79 Å². The second-order valence-electron chi connectivity index (χ2n) is 3.82. The molecule has 0 radical (unpaired) electrons. The Balaban J connectivity index is 3.14. The number of nitrogens with zero attached hydrogens (tertiary/aromatic N) is 1. The van der Waals surface area contributed by atoms with E-state index in [4.69, 9.17) is 5.26 Å². The summed E-state index contributed by atoms with van der Waals surface area (Å²) in [6.45, 7) is 6.31. The smallest absolute Gasteiger partial charge is 0.265 e. The van der Waals surface area contributed by atoms with Crippen LogP contribution in [-0.2, 0) is 0 Å². The van der Waals surface area contributed by atoms with Crippen molar-refractivity contribution in [1.29, 1.82) is 5.26 Å². The highest BCUT2D eigenvalue weighted by molar-refractivity contribution is 5.30. The van der Waals surface area contributed by atoms with Gasteiger partial charge in [0.15, 0.2) is 0 Å². The van der Waals surface area contributed by atoms with Crippen molar-refractivity contribution in [3.63, 3.8) is 0 Å². The lowest BCUT2D eigenvalue weighted by atomic mass is 9.91. The minimum atomic E-state index is -0.313. The van der Waals surface area contributed by atoms with Crippen molar-refractivity contribution >= 4 is 0 Å². The standard InChI is InChI=1S/C11H14N2O/c1-7(2)8(3)10-4-9(5-12)11(14)13-6-10/h4,6-8H,1-3H3,(H,13,14)/t8-/m0/s1. The van der Waals surface area contributed by atoms with Crippen LogP contribution in [0.1, 0.15) is 37.8 Å². The van der Waals surface area contributed by atoms with Crippen LogP contribution < -0.4 is 5.56 Å². The maximum absolute atomic E-state index is 11.1. The highest BCUT2D eigenvalue weighted by Crippen LogP contribution is 2.22. The lowest BCUT2D eigenvalue weighted by Gasteiger charge is -2.15. The lowest BCUT2D eigenvalue weighted by Crippen LogP contribution is -2.12. The fourth-order valence-electron chi connectivity index (χ4n) is 1.23. The summed E-state index contributed by atoms with van der Waals surface area (Å²) in [7, 11) is 0. The van der Waals surface area contributed by atoms with Gasteiger partial charge in [0.1, 0.15) is 11.6 Å². The quantitative estimate of drug-likeness (QED) is 0.775. The zero-order valence-electron chi connectivity index (χ0n) is 8.66. The first-order valence-corrected chi connectivity index (χ1v) is 4.69. The molecule has 0 unspecified atom stereocenters. The van der Waals surface area contributed by atoms with Crippen molar-refractivity contribution in [2.75, 3.05) is 0 Å². The number of rotatable bonds is 2. The molecule has 74 valence electrons. The fraction of sp³-hybridized carbons (Fsp3) is 0.455. The molecule has 1 N–H and O–H groups in total. The summed E-state index contributed by atoms with van der Waals surface area (Å²) in [5, 5.41) is 8.69. The number of nitriles is 1. The molecule has 1 aromatic heterocycles. The number of hydrogen-bond acceptors (Lipinski definition) is 2. The number of hydrogen-bond donors (Lipinski definition) is 1. The minimum absolute atomic E-state index is 0.190. The van der Waals surface area contributed by atoms with Crippen LogP contribution in [-0.4, -0.2) is 4.98 Å². The van der Waals surface area contributed by atoms with Crippen LogP contribution >= 0.6 is 0 Å². The molecule has 0 aromatic carbocycles. The van der Waals surface area contributed by atoms with E-state index in [-0.39, 0.29) is 11.1 Å². The summed E-state index contributed by atoms with van der Waals surface area (Å²) in [6.07, 6.45) is 1.69. The molecule has 0 spiro atoms. The average molecular weight is 190 g/mol. The number of aromatic nitrogens is 1. The first-order valence-electron chi connectivity index (χ1n) is 4.69. The third-order valence-electron chi connectivity index (χ3n) is 2.57. The van der Waals surface area contributed by atoms with Crippen molar-refractivity contribution in [2.24, 2.45) is 5.92 Å². The van der Waals surface area contributed by atoms with Gasteiger partial charge >= 0.3 is 0 Å². The maximum atomic E-state index is 11.1. The summed E-state index contributed by atoms with van der Waals surface area (Å²) >= 11 is 0. The van der Waals surface area contributed by atoms with Gasteiger partial charge in [-0.1, -0.05) is 20.8 Å². The Kier molecular flexibility index (Phi) is 3.08. The Morgan fingerprint density at radius 2 is 2.07 bits per heavy atom. The van der Waals surface area contributed by atoms with E-state index in [0.29, 0.717) is 11.8 Å². The van der Waals surface area contributed by atoms with E-state index in [1.165, 1.54) is 0 Å². The normalized spacial score (nSPS) is 12.5. The summed E-state index contributed by atoms with van der Waals surface area (Å²) in [5.41, 5.74) is 0.887. The van der Waals surface area contributed by atoms with E-state index in [1.54, 1.807) is 12.3 Å². The fourth-order valence-corrected chi connectivity index (χ4v) is 1.23. The van der Waals surface area contributed by atoms with Crippen LogP contribution in [0.4, 0.5) is 0 Å². The molecule has 1 rings (SSSR count). The van der Waals surface area contributed by atoms with Gasteiger partial charge in [-0.3, -0.25) is 4.79 Å². The van der Waals surface area contributed by atoms with Crippen molar-refractivity contribution in [2.45, 2.75) is 26.7 Å².